The van der Waals surface area contributed by atoms with Gasteiger partial charge in [-0.05, 0) is 92.1 Å². The highest BCUT2D eigenvalue weighted by Crippen LogP contribution is 2.43. The Morgan fingerprint density at radius 3 is 2.16 bits per heavy atom. The van der Waals surface area contributed by atoms with Crippen molar-refractivity contribution >= 4 is 17.7 Å². The lowest BCUT2D eigenvalue weighted by molar-refractivity contribution is -0.143. The zero-order valence-corrected chi connectivity index (χ0v) is 24.4. The van der Waals surface area contributed by atoms with Gasteiger partial charge in [-0.25, -0.2) is 9.78 Å². The number of rotatable bonds is 6. The van der Waals surface area contributed by atoms with E-state index in [4.69, 9.17) is 21.1 Å². The van der Waals surface area contributed by atoms with Crippen molar-refractivity contribution in [3.8, 4) is 16.9 Å². The molecule has 13 heteroatoms. The van der Waals surface area contributed by atoms with Crippen molar-refractivity contribution in [2.45, 2.75) is 75.7 Å². The van der Waals surface area contributed by atoms with Crippen molar-refractivity contribution in [2.24, 2.45) is 0 Å². The van der Waals surface area contributed by atoms with Crippen LogP contribution < -0.4 is 4.74 Å². The minimum Gasteiger partial charge on any atom is -0.496 e. The number of pyridine rings is 1. The van der Waals surface area contributed by atoms with E-state index in [1.165, 1.54) is 18.9 Å². The Morgan fingerprint density at radius 1 is 0.932 bits per heavy atom. The number of cyclic esters (lactones) is 1. The molecule has 0 bridgehead atoms. The summed E-state index contributed by atoms with van der Waals surface area (Å²) in [7, 11) is 1.51. The lowest BCUT2D eigenvalue weighted by Gasteiger charge is -2.27. The Hall–Kier alpha value is -3.51. The molecule has 0 radical (unpaired) electrons. The van der Waals surface area contributed by atoms with E-state index in [1.807, 2.05) is 18.2 Å². The average molecular weight is 643 g/mol. The van der Waals surface area contributed by atoms with Crippen molar-refractivity contribution < 1.29 is 45.7 Å². The van der Waals surface area contributed by atoms with Gasteiger partial charge in [0.25, 0.3) is 0 Å². The number of carbonyl (C=O) groups excluding carboxylic acids is 1. The van der Waals surface area contributed by atoms with Gasteiger partial charge in [-0.1, -0.05) is 17.7 Å². The molecule has 2 heterocycles. The number of aromatic nitrogens is 1. The second-order valence-electron chi connectivity index (χ2n) is 11.1. The fourth-order valence-electron chi connectivity index (χ4n) is 5.90. The number of halogens is 7. The number of carbonyl (C=O) groups is 1. The highest BCUT2D eigenvalue weighted by atomic mass is 35.5. The molecule has 2 aliphatic rings. The molecule has 2 aromatic carbocycles. The maximum absolute atomic E-state index is 13.5. The number of aliphatic hydroxyl groups is 1. The molecule has 2 fully saturated rings. The van der Waals surface area contributed by atoms with Crippen LogP contribution in [0.15, 0.2) is 48.5 Å². The van der Waals surface area contributed by atoms with Crippen LogP contribution in [0.3, 0.4) is 0 Å². The van der Waals surface area contributed by atoms with Crippen LogP contribution in [0.4, 0.5) is 31.1 Å². The molecule has 1 saturated heterocycles. The Bertz CT molecular complexity index is 1510. The van der Waals surface area contributed by atoms with Crippen LogP contribution in [0, 0.1) is 0 Å². The number of methoxy groups -OCH3 is 1. The molecule has 1 N–H and O–H groups in total. The zero-order chi connectivity index (χ0) is 32.0. The summed E-state index contributed by atoms with van der Waals surface area (Å²) in [5, 5.41) is 10.1. The Labute approximate surface area is 254 Å². The number of hydrogen-bond donors (Lipinski definition) is 1. The van der Waals surface area contributed by atoms with E-state index < -0.39 is 47.3 Å². The van der Waals surface area contributed by atoms with Gasteiger partial charge in [0.05, 0.1) is 42.6 Å². The van der Waals surface area contributed by atoms with Gasteiger partial charge in [0.2, 0.25) is 0 Å². The molecule has 2 unspecified atom stereocenters. The molecule has 236 valence electrons. The Balaban J connectivity index is 1.49. The van der Waals surface area contributed by atoms with Crippen molar-refractivity contribution in [1.82, 2.24) is 9.88 Å². The van der Waals surface area contributed by atoms with E-state index in [-0.39, 0.29) is 29.8 Å². The molecule has 2 atom stereocenters. The molecule has 1 aliphatic carbocycles. The standard InChI is InChI=1S/C31H29ClF6N2O4/c1-16-28(19-11-20(30(33,34)35)14-21(12-19)31(36,37)38)44-29(42)40(16)15-25-23(8-10-27(32)39-25)24-13-18(5-9-26(24)43-2)17-3-6-22(41)7-4-17/h5,8-14,16-17,22,28,41H,3-4,6-7,15H2,1-2H3. The van der Waals surface area contributed by atoms with Gasteiger partial charge < -0.3 is 14.6 Å². The topological polar surface area (TPSA) is 71.9 Å². The van der Waals surface area contributed by atoms with Crippen LogP contribution >= 0.6 is 11.6 Å². The highest BCUT2D eigenvalue weighted by molar-refractivity contribution is 6.29. The third-order valence-electron chi connectivity index (χ3n) is 8.27. The molecule has 1 saturated carbocycles. The summed E-state index contributed by atoms with van der Waals surface area (Å²) < 4.78 is 92.0. The van der Waals surface area contributed by atoms with Crippen LogP contribution in [-0.4, -0.2) is 40.3 Å². The van der Waals surface area contributed by atoms with Crippen LogP contribution in [0.1, 0.15) is 72.6 Å². The molecular weight excluding hydrogens is 614 g/mol. The van der Waals surface area contributed by atoms with E-state index >= 15 is 0 Å². The Kier molecular flexibility index (Phi) is 8.78. The number of ether oxygens (including phenoxy) is 2. The SMILES string of the molecule is COc1ccc(C2CCC(O)CC2)cc1-c1ccc(Cl)nc1CN1C(=O)OC(c2cc(C(F)(F)F)cc(C(F)(F)F)c2)C1C. The van der Waals surface area contributed by atoms with E-state index in [0.29, 0.717) is 47.5 Å². The molecule has 3 aromatic rings. The van der Waals surface area contributed by atoms with E-state index in [2.05, 4.69) is 4.98 Å². The number of nitrogens with zero attached hydrogens (tertiary/aromatic N) is 2. The molecule has 6 nitrogen and oxygen atoms in total. The maximum Gasteiger partial charge on any atom is 0.416 e. The van der Waals surface area contributed by atoms with Crippen molar-refractivity contribution in [3.05, 3.63) is 81.6 Å². The predicted octanol–water partition coefficient (Wildman–Crippen LogP) is 8.55. The zero-order valence-electron chi connectivity index (χ0n) is 23.7. The Morgan fingerprint density at radius 2 is 1.57 bits per heavy atom. The van der Waals surface area contributed by atoms with Crippen molar-refractivity contribution in [3.63, 3.8) is 0 Å². The third kappa shape index (κ3) is 6.61. The lowest BCUT2D eigenvalue weighted by Crippen LogP contribution is -2.32. The number of alkyl halides is 6. The maximum atomic E-state index is 13.5. The van der Waals surface area contributed by atoms with Gasteiger partial charge in [0.1, 0.15) is 17.0 Å². The number of aliphatic hydroxyl groups excluding tert-OH is 1. The molecule has 1 amide bonds. The molecule has 5 rings (SSSR count). The smallest absolute Gasteiger partial charge is 0.416 e. The highest BCUT2D eigenvalue weighted by Gasteiger charge is 2.43. The van der Waals surface area contributed by atoms with Crippen LogP contribution in [-0.2, 0) is 23.6 Å². The molecular formula is C31H29ClF6N2O4. The second kappa shape index (κ2) is 12.1. The summed E-state index contributed by atoms with van der Waals surface area (Å²) >= 11 is 6.23. The van der Waals surface area contributed by atoms with E-state index in [1.54, 1.807) is 12.1 Å². The van der Waals surface area contributed by atoms with Crippen LogP contribution in [0.2, 0.25) is 5.15 Å². The number of amides is 1. The first kappa shape index (κ1) is 31.9. The van der Waals surface area contributed by atoms with E-state index in [0.717, 1.165) is 18.4 Å². The quantitative estimate of drug-likeness (QED) is 0.216. The summed E-state index contributed by atoms with van der Waals surface area (Å²) in [6.45, 7) is 1.28. The number of hydrogen-bond acceptors (Lipinski definition) is 5. The largest absolute Gasteiger partial charge is 0.496 e. The summed E-state index contributed by atoms with van der Waals surface area (Å²) in [6, 6.07) is 9.23. The van der Waals surface area contributed by atoms with Gasteiger partial charge >= 0.3 is 18.4 Å². The van der Waals surface area contributed by atoms with Gasteiger partial charge in [-0.15, -0.1) is 0 Å². The minimum absolute atomic E-state index is 0.0296. The van der Waals surface area contributed by atoms with Gasteiger partial charge in [-0.2, -0.15) is 26.3 Å². The molecule has 1 aromatic heterocycles. The first-order valence-electron chi connectivity index (χ1n) is 13.9. The van der Waals surface area contributed by atoms with Crippen LogP contribution in [0.25, 0.3) is 11.1 Å². The number of benzene rings is 2. The van der Waals surface area contributed by atoms with Crippen molar-refractivity contribution in [2.75, 3.05) is 7.11 Å². The summed E-state index contributed by atoms with van der Waals surface area (Å²) in [6.07, 6.45) is -9.77. The first-order chi connectivity index (χ1) is 20.7. The fourth-order valence-corrected chi connectivity index (χ4v) is 6.07. The second-order valence-corrected chi connectivity index (χ2v) is 11.5. The molecule has 44 heavy (non-hydrogen) atoms. The predicted molar refractivity (Wildman–Crippen MR) is 149 cm³/mol. The van der Waals surface area contributed by atoms with Crippen LogP contribution in [0.5, 0.6) is 5.75 Å². The van der Waals surface area contributed by atoms with Crippen molar-refractivity contribution in [1.29, 1.82) is 0 Å². The monoisotopic (exact) mass is 642 g/mol. The first-order valence-corrected chi connectivity index (χ1v) is 14.3. The average Bonchev–Trinajstić information content (AvgIpc) is 3.24. The van der Waals surface area contributed by atoms with Gasteiger partial charge in [0, 0.05) is 11.1 Å². The van der Waals surface area contributed by atoms with E-state index in [9.17, 15) is 36.2 Å². The fraction of sp³-hybridized carbons (Fsp3) is 0.419. The third-order valence-corrected chi connectivity index (χ3v) is 8.48. The summed E-state index contributed by atoms with van der Waals surface area (Å²) in [4.78, 5) is 18.7. The van der Waals surface area contributed by atoms with Gasteiger partial charge in [-0.3, -0.25) is 4.90 Å². The van der Waals surface area contributed by atoms with Gasteiger partial charge in [0.15, 0.2) is 0 Å². The lowest BCUT2D eigenvalue weighted by atomic mass is 9.82. The normalized spacial score (nSPS) is 22.7. The summed E-state index contributed by atoms with van der Waals surface area (Å²) in [5.74, 6) is 0.740. The molecule has 0 spiro atoms. The summed E-state index contributed by atoms with van der Waals surface area (Å²) in [5.41, 5.74) is -0.819. The molecule has 1 aliphatic heterocycles. The minimum atomic E-state index is -5.05.